The van der Waals surface area contributed by atoms with Gasteiger partial charge in [0.25, 0.3) is 0 Å². The Morgan fingerprint density at radius 3 is 2.58 bits per heavy atom. The molecule has 19 heavy (non-hydrogen) atoms. The van der Waals surface area contributed by atoms with Crippen LogP contribution in [0.1, 0.15) is 50.5 Å². The summed E-state index contributed by atoms with van der Waals surface area (Å²) in [5, 5.41) is 3.69. The lowest BCUT2D eigenvalue weighted by Crippen LogP contribution is -2.54. The topological polar surface area (TPSA) is 12.0 Å². The smallest absolute Gasteiger partial charge is 0.126 e. The van der Waals surface area contributed by atoms with Crippen molar-refractivity contribution in [3.8, 4) is 0 Å². The van der Waals surface area contributed by atoms with Gasteiger partial charge in [0.2, 0.25) is 0 Å². The summed E-state index contributed by atoms with van der Waals surface area (Å²) in [7, 11) is 0. The predicted molar refractivity (Wildman–Crippen MR) is 76.6 cm³/mol. The number of rotatable bonds is 4. The molecule has 0 saturated heterocycles. The minimum absolute atomic E-state index is 0.0645. The summed E-state index contributed by atoms with van der Waals surface area (Å²) in [6.45, 7) is 0.910. The largest absolute Gasteiger partial charge is 0.313 e. The highest BCUT2D eigenvalue weighted by atomic mass is 19.1. The van der Waals surface area contributed by atoms with Crippen molar-refractivity contribution < 1.29 is 4.39 Å². The summed E-state index contributed by atoms with van der Waals surface area (Å²) in [4.78, 5) is 0. The van der Waals surface area contributed by atoms with Crippen LogP contribution in [0.4, 0.5) is 4.39 Å². The maximum Gasteiger partial charge on any atom is 0.126 e. The first-order chi connectivity index (χ1) is 9.30. The minimum Gasteiger partial charge on any atom is -0.313 e. The van der Waals surface area contributed by atoms with Gasteiger partial charge in [0, 0.05) is 6.04 Å². The van der Waals surface area contributed by atoms with E-state index in [1.807, 2.05) is 12.1 Å². The molecule has 0 bridgehead atoms. The highest BCUT2D eigenvalue weighted by Gasteiger charge is 2.46. The monoisotopic (exact) mass is 261 g/mol. The maximum absolute atomic E-state index is 13.5. The molecule has 104 valence electrons. The van der Waals surface area contributed by atoms with Gasteiger partial charge in [-0.1, -0.05) is 37.5 Å². The molecule has 2 aliphatic carbocycles. The molecule has 1 N–H and O–H groups in total. The fraction of sp³-hybridized carbons (Fsp3) is 0.647. The molecule has 3 rings (SSSR count). The molecule has 0 heterocycles. The molecule has 0 radical (unpaired) electrons. The van der Waals surface area contributed by atoms with E-state index in [1.165, 1.54) is 44.9 Å². The Bertz CT molecular complexity index is 423. The molecule has 0 amide bonds. The van der Waals surface area contributed by atoms with Crippen molar-refractivity contribution in [2.24, 2.45) is 5.41 Å². The van der Waals surface area contributed by atoms with Crippen molar-refractivity contribution in [1.29, 1.82) is 0 Å². The number of benzene rings is 1. The van der Waals surface area contributed by atoms with E-state index >= 15 is 0 Å². The zero-order valence-corrected chi connectivity index (χ0v) is 11.6. The van der Waals surface area contributed by atoms with Gasteiger partial charge >= 0.3 is 0 Å². The average Bonchev–Trinajstić information content (AvgIpc) is 2.45. The van der Waals surface area contributed by atoms with Crippen molar-refractivity contribution in [1.82, 2.24) is 5.32 Å². The van der Waals surface area contributed by atoms with Crippen LogP contribution < -0.4 is 5.32 Å². The highest BCUT2D eigenvalue weighted by Crippen LogP contribution is 2.51. The second-order valence-electron chi connectivity index (χ2n) is 6.31. The SMILES string of the molecule is Fc1ccccc1CCNC1CCC12CCCCC2. The number of hydrogen-bond donors (Lipinski definition) is 1. The van der Waals surface area contributed by atoms with Gasteiger partial charge in [0.1, 0.15) is 5.82 Å². The van der Waals surface area contributed by atoms with Crippen molar-refractivity contribution in [3.05, 3.63) is 35.6 Å². The Hall–Kier alpha value is -0.890. The van der Waals surface area contributed by atoms with Gasteiger partial charge in [-0.25, -0.2) is 4.39 Å². The molecule has 1 nitrogen and oxygen atoms in total. The average molecular weight is 261 g/mol. The van der Waals surface area contributed by atoms with Gasteiger partial charge in [-0.05, 0) is 55.7 Å². The summed E-state index contributed by atoms with van der Waals surface area (Å²) in [5.74, 6) is -0.0645. The van der Waals surface area contributed by atoms with Crippen LogP contribution in [0.15, 0.2) is 24.3 Å². The summed E-state index contributed by atoms with van der Waals surface area (Å²) in [5.41, 5.74) is 1.44. The van der Waals surface area contributed by atoms with Gasteiger partial charge in [0.05, 0.1) is 0 Å². The lowest BCUT2D eigenvalue weighted by molar-refractivity contribution is 0.0236. The molecule has 1 atom stereocenters. The Kier molecular flexibility index (Phi) is 3.88. The van der Waals surface area contributed by atoms with Crippen LogP contribution in [0.2, 0.25) is 0 Å². The van der Waals surface area contributed by atoms with Crippen LogP contribution >= 0.6 is 0 Å². The first-order valence-corrected chi connectivity index (χ1v) is 7.77. The number of hydrogen-bond acceptors (Lipinski definition) is 1. The first kappa shape index (κ1) is 13.1. The quantitative estimate of drug-likeness (QED) is 0.861. The standard InChI is InChI=1S/C17H24FN/c18-15-7-3-2-6-14(15)9-13-19-16-8-12-17(16)10-4-1-5-11-17/h2-3,6-7,16,19H,1,4-5,8-13H2. The van der Waals surface area contributed by atoms with Gasteiger partial charge in [0.15, 0.2) is 0 Å². The number of nitrogens with one attached hydrogen (secondary N) is 1. The van der Waals surface area contributed by atoms with Crippen LogP contribution in [-0.2, 0) is 6.42 Å². The maximum atomic E-state index is 13.5. The molecule has 1 unspecified atom stereocenters. The van der Waals surface area contributed by atoms with E-state index in [1.54, 1.807) is 12.1 Å². The van der Waals surface area contributed by atoms with Crippen LogP contribution in [0.3, 0.4) is 0 Å². The lowest BCUT2D eigenvalue weighted by Gasteiger charge is -2.52. The Morgan fingerprint density at radius 1 is 1.11 bits per heavy atom. The van der Waals surface area contributed by atoms with Crippen LogP contribution in [0, 0.1) is 11.2 Å². The normalized spacial score (nSPS) is 25.2. The highest BCUT2D eigenvalue weighted by molar-refractivity contribution is 5.17. The summed E-state index contributed by atoms with van der Waals surface area (Å²) < 4.78 is 13.5. The molecule has 1 aromatic rings. The molecule has 1 spiro atoms. The van der Waals surface area contributed by atoms with E-state index < -0.39 is 0 Å². The zero-order chi connectivity index (χ0) is 13.1. The third kappa shape index (κ3) is 2.69. The second kappa shape index (κ2) is 5.62. The first-order valence-electron chi connectivity index (χ1n) is 7.77. The molecule has 1 aromatic carbocycles. The summed E-state index contributed by atoms with van der Waals surface area (Å²) >= 11 is 0. The van der Waals surface area contributed by atoms with E-state index in [-0.39, 0.29) is 5.82 Å². The van der Waals surface area contributed by atoms with Gasteiger partial charge in [-0.2, -0.15) is 0 Å². The Balaban J connectivity index is 1.49. The third-order valence-corrected chi connectivity index (χ3v) is 5.26. The molecule has 2 fully saturated rings. The summed E-state index contributed by atoms with van der Waals surface area (Å²) in [6, 6.07) is 7.83. The molecule has 0 aromatic heterocycles. The van der Waals surface area contributed by atoms with Crippen molar-refractivity contribution in [2.45, 2.75) is 57.4 Å². The van der Waals surface area contributed by atoms with E-state index in [4.69, 9.17) is 0 Å². The second-order valence-corrected chi connectivity index (χ2v) is 6.31. The zero-order valence-electron chi connectivity index (χ0n) is 11.6. The molecule has 2 heteroatoms. The van der Waals surface area contributed by atoms with Gasteiger partial charge in [-0.3, -0.25) is 0 Å². The van der Waals surface area contributed by atoms with Crippen molar-refractivity contribution in [2.75, 3.05) is 6.54 Å². The molecular formula is C17H24FN. The summed E-state index contributed by atoms with van der Waals surface area (Å²) in [6.07, 6.45) is 10.6. The fourth-order valence-electron chi connectivity index (χ4n) is 3.95. The number of halogens is 1. The fourth-order valence-corrected chi connectivity index (χ4v) is 3.95. The van der Waals surface area contributed by atoms with Crippen molar-refractivity contribution in [3.63, 3.8) is 0 Å². The van der Waals surface area contributed by atoms with E-state index in [9.17, 15) is 4.39 Å². The molecular weight excluding hydrogens is 237 g/mol. The van der Waals surface area contributed by atoms with Crippen LogP contribution in [-0.4, -0.2) is 12.6 Å². The third-order valence-electron chi connectivity index (χ3n) is 5.26. The van der Waals surface area contributed by atoms with E-state index in [2.05, 4.69) is 5.32 Å². The van der Waals surface area contributed by atoms with Gasteiger partial charge < -0.3 is 5.32 Å². The molecule has 0 aliphatic heterocycles. The van der Waals surface area contributed by atoms with Crippen molar-refractivity contribution >= 4 is 0 Å². The molecule has 2 aliphatic rings. The minimum atomic E-state index is -0.0645. The van der Waals surface area contributed by atoms with Crippen LogP contribution in [0.25, 0.3) is 0 Å². The lowest BCUT2D eigenvalue weighted by atomic mass is 9.57. The van der Waals surface area contributed by atoms with Crippen LogP contribution in [0.5, 0.6) is 0 Å². The van der Waals surface area contributed by atoms with E-state index in [0.717, 1.165) is 18.5 Å². The predicted octanol–water partition coefficient (Wildman–Crippen LogP) is 4.07. The van der Waals surface area contributed by atoms with Gasteiger partial charge in [-0.15, -0.1) is 0 Å². The molecule has 2 saturated carbocycles. The Morgan fingerprint density at radius 2 is 1.89 bits per heavy atom. The Labute approximate surface area is 115 Å². The van der Waals surface area contributed by atoms with E-state index in [0.29, 0.717) is 11.5 Å².